The Hall–Kier alpha value is -3.04. The third-order valence-corrected chi connectivity index (χ3v) is 5.69. The second kappa shape index (κ2) is 15.9. The Labute approximate surface area is 215 Å². The molecule has 0 aromatic carbocycles. The minimum atomic E-state index is -0.554. The molecule has 1 rings (SSSR count). The van der Waals surface area contributed by atoms with Gasteiger partial charge in [-0.25, -0.2) is 19.2 Å². The molecule has 0 aliphatic heterocycles. The highest BCUT2D eigenvalue weighted by atomic mass is 16.6. The van der Waals surface area contributed by atoms with Crippen molar-refractivity contribution in [2.45, 2.75) is 85.5 Å². The Kier molecular flexibility index (Phi) is 14.5. The van der Waals surface area contributed by atoms with Crippen LogP contribution in [0.3, 0.4) is 0 Å². The Morgan fingerprint density at radius 3 is 1.81 bits per heavy atom. The van der Waals surface area contributed by atoms with Crippen LogP contribution < -0.4 is 10.6 Å². The molecule has 0 aromatic rings. The van der Waals surface area contributed by atoms with Crippen molar-refractivity contribution in [1.82, 2.24) is 10.6 Å². The summed E-state index contributed by atoms with van der Waals surface area (Å²) in [6.07, 6.45) is 4.33. The SMILES string of the molecule is C=CC(=O)OCC(C)OC(=O)NC.C=CC(=O)OCC(C)OC(=O)NC1CC(C)(C)CC(C)(CC)C1. The molecule has 10 heteroatoms. The van der Waals surface area contributed by atoms with E-state index in [0.717, 1.165) is 37.8 Å². The van der Waals surface area contributed by atoms with E-state index < -0.39 is 36.3 Å². The van der Waals surface area contributed by atoms with Gasteiger partial charge in [-0.2, -0.15) is 0 Å². The van der Waals surface area contributed by atoms with Gasteiger partial charge in [0.2, 0.25) is 0 Å². The van der Waals surface area contributed by atoms with E-state index in [1.807, 2.05) is 0 Å². The van der Waals surface area contributed by atoms with Crippen LogP contribution in [0, 0.1) is 10.8 Å². The number of carbonyl (C=O) groups excluding carboxylic acids is 4. The highest BCUT2D eigenvalue weighted by Gasteiger charge is 2.40. The molecule has 1 aliphatic carbocycles. The van der Waals surface area contributed by atoms with Gasteiger partial charge in [-0.15, -0.1) is 0 Å². The summed E-state index contributed by atoms with van der Waals surface area (Å²) in [5, 5.41) is 5.25. The molecule has 0 aromatic heterocycles. The molecule has 206 valence electrons. The normalized spacial score (nSPS) is 21.7. The third kappa shape index (κ3) is 14.4. The molecule has 36 heavy (non-hydrogen) atoms. The lowest BCUT2D eigenvalue weighted by Crippen LogP contribution is -2.47. The van der Waals surface area contributed by atoms with Gasteiger partial charge in [-0.3, -0.25) is 0 Å². The molecule has 0 radical (unpaired) electrons. The summed E-state index contributed by atoms with van der Waals surface area (Å²) in [6.45, 7) is 18.9. The first kappa shape index (κ1) is 33.0. The van der Waals surface area contributed by atoms with Crippen molar-refractivity contribution in [3.8, 4) is 0 Å². The smallest absolute Gasteiger partial charge is 0.407 e. The second-order valence-electron chi connectivity index (χ2n) is 10.1. The van der Waals surface area contributed by atoms with Crippen molar-refractivity contribution < 1.29 is 38.1 Å². The maximum atomic E-state index is 12.1. The summed E-state index contributed by atoms with van der Waals surface area (Å²) in [4.78, 5) is 44.3. The summed E-state index contributed by atoms with van der Waals surface area (Å²) in [6, 6.07) is 0.110. The topological polar surface area (TPSA) is 129 Å². The van der Waals surface area contributed by atoms with Crippen LogP contribution in [0.4, 0.5) is 9.59 Å². The van der Waals surface area contributed by atoms with Crippen molar-refractivity contribution in [2.24, 2.45) is 10.8 Å². The number of alkyl carbamates (subject to hydrolysis) is 2. The molecule has 4 unspecified atom stereocenters. The van der Waals surface area contributed by atoms with E-state index in [1.54, 1.807) is 13.8 Å². The molecule has 0 heterocycles. The van der Waals surface area contributed by atoms with Gasteiger partial charge in [-0.05, 0) is 43.9 Å². The van der Waals surface area contributed by atoms with Gasteiger partial charge < -0.3 is 29.6 Å². The number of hydrogen-bond acceptors (Lipinski definition) is 8. The number of esters is 2. The number of rotatable bonds is 10. The molecule has 0 spiro atoms. The number of hydrogen-bond donors (Lipinski definition) is 2. The predicted octanol–water partition coefficient (Wildman–Crippen LogP) is 4.29. The number of nitrogens with one attached hydrogen (secondary N) is 2. The third-order valence-electron chi connectivity index (χ3n) is 5.69. The van der Waals surface area contributed by atoms with E-state index in [2.05, 4.69) is 56.2 Å². The van der Waals surface area contributed by atoms with Gasteiger partial charge in [-0.1, -0.05) is 47.3 Å². The standard InChI is InChI=1S/C18H31NO4.C8H13NO4/c1-7-15(20)22-11-13(3)23-16(21)19-14-9-17(4,5)12-18(6,8-2)10-14;1-4-7(10)12-5-6(2)13-8(11)9-3/h7,13-14H,1,8-12H2,2-6H3,(H,19,21);4,6H,1,5H2,2-3H3,(H,9,11). The van der Waals surface area contributed by atoms with E-state index in [1.165, 1.54) is 7.05 Å². The Bertz CT molecular complexity index is 767. The maximum Gasteiger partial charge on any atom is 0.407 e. The maximum absolute atomic E-state index is 12.1. The summed E-state index contributed by atoms with van der Waals surface area (Å²) in [5.74, 6) is -1.05. The number of ether oxygens (including phenoxy) is 4. The van der Waals surface area contributed by atoms with Crippen LogP contribution >= 0.6 is 0 Å². The molecule has 1 saturated carbocycles. The Morgan fingerprint density at radius 1 is 0.917 bits per heavy atom. The zero-order valence-corrected chi connectivity index (χ0v) is 22.8. The van der Waals surface area contributed by atoms with Gasteiger partial charge in [0.05, 0.1) is 0 Å². The van der Waals surface area contributed by atoms with Crippen LogP contribution in [0.2, 0.25) is 0 Å². The van der Waals surface area contributed by atoms with E-state index in [9.17, 15) is 19.2 Å². The fourth-order valence-electron chi connectivity index (χ4n) is 4.22. The van der Waals surface area contributed by atoms with Crippen LogP contribution in [-0.2, 0) is 28.5 Å². The van der Waals surface area contributed by atoms with Crippen LogP contribution in [0.5, 0.6) is 0 Å². The predicted molar refractivity (Wildman–Crippen MR) is 136 cm³/mol. The zero-order valence-electron chi connectivity index (χ0n) is 22.8. The van der Waals surface area contributed by atoms with Crippen LogP contribution in [-0.4, -0.2) is 62.6 Å². The molecule has 4 atom stereocenters. The van der Waals surface area contributed by atoms with Crippen molar-refractivity contribution in [1.29, 1.82) is 0 Å². The van der Waals surface area contributed by atoms with Crippen molar-refractivity contribution in [2.75, 3.05) is 20.3 Å². The van der Waals surface area contributed by atoms with E-state index in [4.69, 9.17) is 14.2 Å². The van der Waals surface area contributed by atoms with Gasteiger partial charge in [0, 0.05) is 25.2 Å². The van der Waals surface area contributed by atoms with E-state index >= 15 is 0 Å². The van der Waals surface area contributed by atoms with Crippen LogP contribution in [0.15, 0.2) is 25.3 Å². The van der Waals surface area contributed by atoms with Crippen molar-refractivity contribution in [3.63, 3.8) is 0 Å². The fourth-order valence-corrected chi connectivity index (χ4v) is 4.22. The molecule has 2 amide bonds. The minimum Gasteiger partial charge on any atom is -0.459 e. The first-order chi connectivity index (χ1) is 16.7. The van der Waals surface area contributed by atoms with Crippen molar-refractivity contribution in [3.05, 3.63) is 25.3 Å². The fraction of sp³-hybridized carbons (Fsp3) is 0.692. The number of amides is 2. The van der Waals surface area contributed by atoms with Gasteiger partial charge in [0.1, 0.15) is 25.4 Å². The quantitative estimate of drug-likeness (QED) is 0.252. The zero-order chi connectivity index (χ0) is 27.9. The molecular weight excluding hydrogens is 468 g/mol. The van der Waals surface area contributed by atoms with E-state index in [0.29, 0.717) is 0 Å². The molecule has 0 bridgehead atoms. The van der Waals surface area contributed by atoms with Crippen LogP contribution in [0.25, 0.3) is 0 Å². The van der Waals surface area contributed by atoms with E-state index in [-0.39, 0.29) is 30.1 Å². The monoisotopic (exact) mass is 512 g/mol. The molecule has 2 N–H and O–H groups in total. The lowest BCUT2D eigenvalue weighted by atomic mass is 9.62. The highest BCUT2D eigenvalue weighted by molar-refractivity contribution is 5.81. The first-order valence-electron chi connectivity index (χ1n) is 12.1. The summed E-state index contributed by atoms with van der Waals surface area (Å²) in [7, 11) is 1.45. The van der Waals surface area contributed by atoms with Crippen molar-refractivity contribution >= 4 is 24.1 Å². The minimum absolute atomic E-state index is 0.0261. The molecule has 0 saturated heterocycles. The average molecular weight is 513 g/mol. The summed E-state index contributed by atoms with van der Waals surface area (Å²) in [5.41, 5.74) is 0.441. The van der Waals surface area contributed by atoms with Crippen LogP contribution in [0.1, 0.15) is 67.2 Å². The highest BCUT2D eigenvalue weighted by Crippen LogP contribution is 2.47. The van der Waals surface area contributed by atoms with Gasteiger partial charge >= 0.3 is 24.1 Å². The molecular formula is C26H44N2O8. The largest absolute Gasteiger partial charge is 0.459 e. The molecule has 10 nitrogen and oxygen atoms in total. The Morgan fingerprint density at radius 2 is 1.39 bits per heavy atom. The number of carbonyl (C=O) groups is 4. The van der Waals surface area contributed by atoms with Gasteiger partial charge in [0.15, 0.2) is 0 Å². The molecule has 1 fully saturated rings. The first-order valence-corrected chi connectivity index (χ1v) is 12.1. The molecule has 1 aliphatic rings. The average Bonchev–Trinajstić information content (AvgIpc) is 2.79. The van der Waals surface area contributed by atoms with Gasteiger partial charge in [0.25, 0.3) is 0 Å². The lowest BCUT2D eigenvalue weighted by molar-refractivity contribution is -0.141. The lowest BCUT2D eigenvalue weighted by Gasteiger charge is -2.46. The second-order valence-corrected chi connectivity index (χ2v) is 10.1. The summed E-state index contributed by atoms with van der Waals surface area (Å²) >= 11 is 0. The summed E-state index contributed by atoms with van der Waals surface area (Å²) < 4.78 is 19.5. The Balaban J connectivity index is 0.000000802.